The fraction of sp³-hybridized carbons (Fsp3) is 0.500. The average molecular weight is 236 g/mol. The van der Waals surface area contributed by atoms with E-state index in [2.05, 4.69) is 4.98 Å². The lowest BCUT2D eigenvalue weighted by molar-refractivity contribution is 0.0473. The molecule has 0 aliphatic carbocycles. The molecule has 2 heterocycles. The van der Waals surface area contributed by atoms with Gasteiger partial charge in [0.2, 0.25) is 0 Å². The van der Waals surface area contributed by atoms with Crippen LogP contribution < -0.4 is 5.76 Å². The molecule has 0 saturated heterocycles. The number of nitrogens with zero attached hydrogens (tertiary/aromatic N) is 2. The van der Waals surface area contributed by atoms with E-state index in [9.17, 15) is 9.90 Å². The van der Waals surface area contributed by atoms with E-state index in [0.29, 0.717) is 11.2 Å². The van der Waals surface area contributed by atoms with Crippen LogP contribution in [-0.2, 0) is 6.54 Å². The summed E-state index contributed by atoms with van der Waals surface area (Å²) in [4.78, 5) is 15.7. The number of pyridine rings is 1. The highest BCUT2D eigenvalue weighted by Crippen LogP contribution is 2.21. The van der Waals surface area contributed by atoms with Crippen molar-refractivity contribution in [3.63, 3.8) is 0 Å². The van der Waals surface area contributed by atoms with Crippen LogP contribution in [0.3, 0.4) is 0 Å². The Morgan fingerprint density at radius 2 is 2.24 bits per heavy atom. The number of aliphatic hydroxyl groups excluding tert-OH is 1. The second-order valence-electron chi connectivity index (χ2n) is 5.19. The van der Waals surface area contributed by atoms with Crippen LogP contribution in [0.1, 0.15) is 20.8 Å². The van der Waals surface area contributed by atoms with E-state index in [1.54, 1.807) is 18.3 Å². The minimum Gasteiger partial charge on any atom is -0.406 e. The summed E-state index contributed by atoms with van der Waals surface area (Å²) in [6.07, 6.45) is 0.958. The molecule has 0 fully saturated rings. The number of hydrogen-bond acceptors (Lipinski definition) is 4. The highest BCUT2D eigenvalue weighted by molar-refractivity contribution is 5.67. The van der Waals surface area contributed by atoms with Crippen LogP contribution >= 0.6 is 0 Å². The Labute approximate surface area is 98.7 Å². The van der Waals surface area contributed by atoms with Crippen LogP contribution in [0.2, 0.25) is 0 Å². The zero-order chi connectivity index (χ0) is 12.6. The van der Waals surface area contributed by atoms with E-state index in [1.165, 1.54) is 4.57 Å². The van der Waals surface area contributed by atoms with Gasteiger partial charge in [0.15, 0.2) is 11.2 Å². The lowest BCUT2D eigenvalue weighted by atomic mass is 9.89. The van der Waals surface area contributed by atoms with Crippen molar-refractivity contribution in [1.29, 1.82) is 0 Å². The monoisotopic (exact) mass is 236 g/mol. The molecule has 17 heavy (non-hydrogen) atoms. The van der Waals surface area contributed by atoms with Gasteiger partial charge in [0.05, 0.1) is 12.6 Å². The molecule has 92 valence electrons. The summed E-state index contributed by atoms with van der Waals surface area (Å²) in [6, 6.07) is 3.39. The first-order chi connectivity index (χ1) is 7.89. The number of hydrogen-bond donors (Lipinski definition) is 1. The molecule has 1 atom stereocenters. The van der Waals surface area contributed by atoms with Crippen LogP contribution in [0.5, 0.6) is 0 Å². The number of fused-ring (bicyclic) bond motifs is 1. The molecular weight excluding hydrogens is 220 g/mol. The Hall–Kier alpha value is -1.62. The highest BCUT2D eigenvalue weighted by atomic mass is 16.4. The first kappa shape index (κ1) is 11.9. The molecule has 0 aromatic carbocycles. The third kappa shape index (κ3) is 2.24. The minimum atomic E-state index is -0.636. The number of aliphatic hydroxyl groups is 1. The van der Waals surface area contributed by atoms with E-state index < -0.39 is 11.9 Å². The third-order valence-corrected chi connectivity index (χ3v) is 2.78. The zero-order valence-corrected chi connectivity index (χ0v) is 10.2. The fourth-order valence-electron chi connectivity index (χ4n) is 1.51. The Kier molecular flexibility index (Phi) is 2.79. The van der Waals surface area contributed by atoms with Gasteiger partial charge in [-0.05, 0) is 17.5 Å². The smallest absolute Gasteiger partial charge is 0.406 e. The predicted molar refractivity (Wildman–Crippen MR) is 63.7 cm³/mol. The number of oxazole rings is 1. The standard InChI is InChI=1S/C12H16N2O3/c1-12(2,3)9(15)7-14-10-8(17-11(14)16)5-4-6-13-10/h4-6,9,15H,7H2,1-3H3. The van der Waals surface area contributed by atoms with Gasteiger partial charge in [-0.1, -0.05) is 20.8 Å². The third-order valence-electron chi connectivity index (χ3n) is 2.78. The summed E-state index contributed by atoms with van der Waals surface area (Å²) in [6.45, 7) is 5.93. The van der Waals surface area contributed by atoms with Gasteiger partial charge in [0.1, 0.15) is 0 Å². The van der Waals surface area contributed by atoms with Crippen molar-refractivity contribution in [3.05, 3.63) is 28.9 Å². The second kappa shape index (κ2) is 4.00. The van der Waals surface area contributed by atoms with Gasteiger partial charge >= 0.3 is 5.76 Å². The van der Waals surface area contributed by atoms with Crippen molar-refractivity contribution >= 4 is 11.2 Å². The SMILES string of the molecule is CC(C)(C)C(O)Cn1c(=O)oc2cccnc21. The number of rotatable bonds is 2. The molecule has 0 amide bonds. The van der Waals surface area contributed by atoms with E-state index in [1.807, 2.05) is 20.8 Å². The van der Waals surface area contributed by atoms with Crippen LogP contribution in [0.25, 0.3) is 11.2 Å². The van der Waals surface area contributed by atoms with Crippen LogP contribution in [0.15, 0.2) is 27.5 Å². The average Bonchev–Trinajstić information content (AvgIpc) is 2.54. The predicted octanol–water partition coefficient (Wildman–Crippen LogP) is 1.40. The molecule has 2 rings (SSSR count). The molecule has 0 bridgehead atoms. The van der Waals surface area contributed by atoms with Crippen molar-refractivity contribution in [2.24, 2.45) is 5.41 Å². The van der Waals surface area contributed by atoms with E-state index in [4.69, 9.17) is 4.42 Å². The summed E-state index contributed by atoms with van der Waals surface area (Å²) in [5, 5.41) is 10.0. The summed E-state index contributed by atoms with van der Waals surface area (Å²) < 4.78 is 6.41. The first-order valence-electron chi connectivity index (χ1n) is 5.52. The van der Waals surface area contributed by atoms with Gasteiger partial charge in [-0.15, -0.1) is 0 Å². The largest absolute Gasteiger partial charge is 0.421 e. The molecule has 0 radical (unpaired) electrons. The quantitative estimate of drug-likeness (QED) is 0.855. The topological polar surface area (TPSA) is 68.3 Å². The van der Waals surface area contributed by atoms with Crippen molar-refractivity contribution in [2.75, 3.05) is 0 Å². The molecule has 0 aliphatic heterocycles. The van der Waals surface area contributed by atoms with Crippen LogP contribution in [-0.4, -0.2) is 20.8 Å². The van der Waals surface area contributed by atoms with E-state index >= 15 is 0 Å². The first-order valence-corrected chi connectivity index (χ1v) is 5.52. The van der Waals surface area contributed by atoms with Crippen LogP contribution in [0, 0.1) is 5.41 Å². The molecule has 0 spiro atoms. The molecular formula is C12H16N2O3. The zero-order valence-electron chi connectivity index (χ0n) is 10.2. The maximum absolute atomic E-state index is 11.6. The summed E-state index contributed by atoms with van der Waals surface area (Å²) in [5.74, 6) is -0.484. The van der Waals surface area contributed by atoms with Crippen molar-refractivity contribution in [2.45, 2.75) is 33.4 Å². The van der Waals surface area contributed by atoms with Crippen molar-refractivity contribution < 1.29 is 9.52 Å². The Morgan fingerprint density at radius 3 is 2.88 bits per heavy atom. The summed E-state index contributed by atoms with van der Waals surface area (Å²) in [5.41, 5.74) is 0.622. The normalized spacial score (nSPS) is 14.1. The lowest BCUT2D eigenvalue weighted by Crippen LogP contribution is -2.33. The maximum atomic E-state index is 11.6. The molecule has 2 aromatic rings. The molecule has 5 nitrogen and oxygen atoms in total. The molecule has 2 aromatic heterocycles. The summed E-state index contributed by atoms with van der Waals surface area (Å²) in [7, 11) is 0. The molecule has 0 aliphatic rings. The lowest BCUT2D eigenvalue weighted by Gasteiger charge is -2.25. The molecule has 0 saturated carbocycles. The van der Waals surface area contributed by atoms with Gasteiger partial charge in [0.25, 0.3) is 0 Å². The van der Waals surface area contributed by atoms with Gasteiger partial charge in [0, 0.05) is 6.20 Å². The van der Waals surface area contributed by atoms with Crippen LogP contribution in [0.4, 0.5) is 0 Å². The maximum Gasteiger partial charge on any atom is 0.421 e. The summed E-state index contributed by atoms with van der Waals surface area (Å²) >= 11 is 0. The Bertz CT molecular complexity index is 577. The van der Waals surface area contributed by atoms with E-state index in [0.717, 1.165) is 0 Å². The van der Waals surface area contributed by atoms with E-state index in [-0.39, 0.29) is 12.0 Å². The van der Waals surface area contributed by atoms with Gasteiger partial charge in [-0.25, -0.2) is 9.78 Å². The van der Waals surface area contributed by atoms with Gasteiger partial charge < -0.3 is 9.52 Å². The minimum absolute atomic E-state index is 0.187. The fourth-order valence-corrected chi connectivity index (χ4v) is 1.51. The highest BCUT2D eigenvalue weighted by Gasteiger charge is 2.24. The Morgan fingerprint density at radius 1 is 1.53 bits per heavy atom. The molecule has 1 unspecified atom stereocenters. The van der Waals surface area contributed by atoms with Gasteiger partial charge in [-0.3, -0.25) is 4.57 Å². The Balaban J connectivity index is 2.43. The van der Waals surface area contributed by atoms with Crippen molar-refractivity contribution in [3.8, 4) is 0 Å². The second-order valence-corrected chi connectivity index (χ2v) is 5.19. The molecule has 1 N–H and O–H groups in total. The van der Waals surface area contributed by atoms with Gasteiger partial charge in [-0.2, -0.15) is 0 Å². The van der Waals surface area contributed by atoms with Crippen molar-refractivity contribution in [1.82, 2.24) is 9.55 Å². The number of aromatic nitrogens is 2. The molecule has 5 heteroatoms.